The monoisotopic (exact) mass is 178 g/mol. The summed E-state index contributed by atoms with van der Waals surface area (Å²) in [6.45, 7) is 0.250. The highest BCUT2D eigenvalue weighted by Crippen LogP contribution is 2.37. The van der Waals surface area contributed by atoms with Gasteiger partial charge in [0, 0.05) is 12.5 Å². The molecule has 0 heterocycles. The molecule has 1 N–H and O–H groups in total. The fraction of sp³-hybridized carbons (Fsp3) is 0.455. The highest BCUT2D eigenvalue weighted by molar-refractivity contribution is 5.45. The van der Waals surface area contributed by atoms with Crippen molar-refractivity contribution in [3.8, 4) is 5.75 Å². The molecule has 2 heteroatoms. The van der Waals surface area contributed by atoms with Crippen LogP contribution in [0, 0.1) is 0 Å². The summed E-state index contributed by atoms with van der Waals surface area (Å²) >= 11 is 0. The average Bonchev–Trinajstić information content (AvgIpc) is 2.60. The molecule has 1 aliphatic rings. The Morgan fingerprint density at radius 1 is 1.54 bits per heavy atom. The molecule has 1 atom stereocenters. The van der Waals surface area contributed by atoms with E-state index in [1.165, 1.54) is 11.1 Å². The minimum absolute atomic E-state index is 0.250. The standard InChI is InChI=1S/C11H14O2/c1-13-11-4-2-3-9-8(7-12)5-6-10(9)11/h2-4,8,12H,5-7H2,1H3/t8-/m0/s1. The molecule has 70 valence electrons. The molecule has 2 nitrogen and oxygen atoms in total. The van der Waals surface area contributed by atoms with Crippen LogP contribution in [0.4, 0.5) is 0 Å². The van der Waals surface area contributed by atoms with Crippen molar-refractivity contribution >= 4 is 0 Å². The minimum atomic E-state index is 0.250. The smallest absolute Gasteiger partial charge is 0.122 e. The summed E-state index contributed by atoms with van der Waals surface area (Å²) in [5.41, 5.74) is 2.55. The van der Waals surface area contributed by atoms with Gasteiger partial charge in [-0.2, -0.15) is 0 Å². The van der Waals surface area contributed by atoms with Crippen molar-refractivity contribution in [3.05, 3.63) is 29.3 Å². The lowest BCUT2D eigenvalue weighted by molar-refractivity contribution is 0.265. The quantitative estimate of drug-likeness (QED) is 0.747. The highest BCUT2D eigenvalue weighted by atomic mass is 16.5. The Bertz CT molecular complexity index is 307. The van der Waals surface area contributed by atoms with Crippen molar-refractivity contribution in [1.29, 1.82) is 0 Å². The van der Waals surface area contributed by atoms with Gasteiger partial charge >= 0.3 is 0 Å². The first-order chi connectivity index (χ1) is 6.36. The van der Waals surface area contributed by atoms with Crippen LogP contribution in [-0.2, 0) is 6.42 Å². The Hall–Kier alpha value is -1.02. The van der Waals surface area contributed by atoms with Crippen LogP contribution in [-0.4, -0.2) is 18.8 Å². The van der Waals surface area contributed by atoms with E-state index in [0.717, 1.165) is 18.6 Å². The summed E-state index contributed by atoms with van der Waals surface area (Å²) in [5.74, 6) is 1.29. The van der Waals surface area contributed by atoms with Crippen LogP contribution < -0.4 is 4.74 Å². The molecule has 0 bridgehead atoms. The molecule has 1 aromatic carbocycles. The van der Waals surface area contributed by atoms with E-state index >= 15 is 0 Å². The number of aliphatic hydroxyl groups excluding tert-OH is 1. The molecule has 1 aromatic rings. The molecule has 0 saturated heterocycles. The van der Waals surface area contributed by atoms with Gasteiger partial charge in [0.25, 0.3) is 0 Å². The third kappa shape index (κ3) is 1.31. The number of methoxy groups -OCH3 is 1. The Morgan fingerprint density at radius 3 is 3.08 bits per heavy atom. The SMILES string of the molecule is COc1cccc2c1CC[C@H]2CO. The van der Waals surface area contributed by atoms with Gasteiger partial charge in [0.05, 0.1) is 7.11 Å². The number of benzene rings is 1. The molecule has 0 fully saturated rings. The highest BCUT2D eigenvalue weighted by Gasteiger charge is 2.23. The van der Waals surface area contributed by atoms with E-state index in [9.17, 15) is 0 Å². The maximum absolute atomic E-state index is 9.14. The summed E-state index contributed by atoms with van der Waals surface area (Å²) < 4.78 is 5.27. The van der Waals surface area contributed by atoms with Crippen LogP contribution in [0.25, 0.3) is 0 Å². The fourth-order valence-corrected chi connectivity index (χ4v) is 2.09. The van der Waals surface area contributed by atoms with Crippen LogP contribution >= 0.6 is 0 Å². The van der Waals surface area contributed by atoms with Gasteiger partial charge in [-0.1, -0.05) is 12.1 Å². The van der Waals surface area contributed by atoms with Crippen LogP contribution in [0.15, 0.2) is 18.2 Å². The first-order valence-electron chi connectivity index (χ1n) is 4.63. The number of hydrogen-bond acceptors (Lipinski definition) is 2. The largest absolute Gasteiger partial charge is 0.496 e. The zero-order chi connectivity index (χ0) is 9.26. The van der Waals surface area contributed by atoms with Crippen molar-refractivity contribution in [2.75, 3.05) is 13.7 Å². The predicted octanol–water partition coefficient (Wildman–Crippen LogP) is 1.72. The Labute approximate surface area is 78.2 Å². The second-order valence-electron chi connectivity index (χ2n) is 3.45. The second kappa shape index (κ2) is 3.38. The summed E-state index contributed by atoms with van der Waals surface area (Å²) in [6.07, 6.45) is 2.08. The zero-order valence-corrected chi connectivity index (χ0v) is 7.79. The molecule has 2 rings (SSSR count). The molecule has 0 saturated carbocycles. The molecule has 0 radical (unpaired) electrons. The van der Waals surface area contributed by atoms with Gasteiger partial charge in [0.1, 0.15) is 5.75 Å². The van der Waals surface area contributed by atoms with Crippen LogP contribution in [0.2, 0.25) is 0 Å². The topological polar surface area (TPSA) is 29.5 Å². The van der Waals surface area contributed by atoms with Crippen LogP contribution in [0.5, 0.6) is 5.75 Å². The lowest BCUT2D eigenvalue weighted by Gasteiger charge is -2.09. The third-order valence-electron chi connectivity index (χ3n) is 2.79. The lowest BCUT2D eigenvalue weighted by Crippen LogP contribution is -1.98. The lowest BCUT2D eigenvalue weighted by atomic mass is 10.0. The van der Waals surface area contributed by atoms with Gasteiger partial charge in [-0.15, -0.1) is 0 Å². The van der Waals surface area contributed by atoms with Crippen molar-refractivity contribution in [2.45, 2.75) is 18.8 Å². The number of ether oxygens (including phenoxy) is 1. The number of fused-ring (bicyclic) bond motifs is 1. The van der Waals surface area contributed by atoms with Gasteiger partial charge in [-0.3, -0.25) is 0 Å². The van der Waals surface area contributed by atoms with E-state index in [1.807, 2.05) is 12.1 Å². The zero-order valence-electron chi connectivity index (χ0n) is 7.79. The third-order valence-corrected chi connectivity index (χ3v) is 2.79. The molecule has 1 aliphatic carbocycles. The van der Waals surface area contributed by atoms with Crippen molar-refractivity contribution in [3.63, 3.8) is 0 Å². The number of rotatable bonds is 2. The van der Waals surface area contributed by atoms with Crippen molar-refractivity contribution in [2.24, 2.45) is 0 Å². The maximum atomic E-state index is 9.14. The molecular weight excluding hydrogens is 164 g/mol. The first kappa shape index (κ1) is 8.57. The molecule has 0 spiro atoms. The Morgan fingerprint density at radius 2 is 2.38 bits per heavy atom. The summed E-state index contributed by atoms with van der Waals surface area (Å²) in [4.78, 5) is 0. The van der Waals surface area contributed by atoms with Gasteiger partial charge in [-0.05, 0) is 30.0 Å². The normalized spacial score (nSPS) is 20.0. The van der Waals surface area contributed by atoms with Crippen LogP contribution in [0.1, 0.15) is 23.5 Å². The van der Waals surface area contributed by atoms with Crippen LogP contribution in [0.3, 0.4) is 0 Å². The van der Waals surface area contributed by atoms with E-state index in [0.29, 0.717) is 5.92 Å². The van der Waals surface area contributed by atoms with E-state index in [2.05, 4.69) is 6.07 Å². The van der Waals surface area contributed by atoms with E-state index in [1.54, 1.807) is 7.11 Å². The van der Waals surface area contributed by atoms with Gasteiger partial charge in [0.2, 0.25) is 0 Å². The van der Waals surface area contributed by atoms with E-state index < -0.39 is 0 Å². The minimum Gasteiger partial charge on any atom is -0.496 e. The molecule has 0 unspecified atom stereocenters. The second-order valence-corrected chi connectivity index (χ2v) is 3.45. The number of aliphatic hydroxyl groups is 1. The van der Waals surface area contributed by atoms with Gasteiger partial charge in [-0.25, -0.2) is 0 Å². The fourth-order valence-electron chi connectivity index (χ4n) is 2.09. The molecular formula is C11H14O2. The molecule has 0 amide bonds. The molecule has 0 aliphatic heterocycles. The van der Waals surface area contributed by atoms with Gasteiger partial charge in [0.15, 0.2) is 0 Å². The maximum Gasteiger partial charge on any atom is 0.122 e. The molecule has 13 heavy (non-hydrogen) atoms. The summed E-state index contributed by atoms with van der Waals surface area (Å²) in [6, 6.07) is 6.07. The van der Waals surface area contributed by atoms with Crippen molar-refractivity contribution in [1.82, 2.24) is 0 Å². The predicted molar refractivity (Wildman–Crippen MR) is 51.1 cm³/mol. The summed E-state index contributed by atoms with van der Waals surface area (Å²) in [5, 5.41) is 9.14. The van der Waals surface area contributed by atoms with E-state index in [4.69, 9.17) is 9.84 Å². The average molecular weight is 178 g/mol. The summed E-state index contributed by atoms with van der Waals surface area (Å²) in [7, 11) is 1.70. The van der Waals surface area contributed by atoms with Gasteiger partial charge < -0.3 is 9.84 Å². The van der Waals surface area contributed by atoms with Crippen molar-refractivity contribution < 1.29 is 9.84 Å². The first-order valence-corrected chi connectivity index (χ1v) is 4.63. The Balaban J connectivity index is 2.43. The molecule has 0 aromatic heterocycles. The number of hydrogen-bond donors (Lipinski definition) is 1. The van der Waals surface area contributed by atoms with E-state index in [-0.39, 0.29) is 6.61 Å². The Kier molecular flexibility index (Phi) is 2.23.